The molecular weight excluding hydrogens is 422 g/mol. The predicted octanol–water partition coefficient (Wildman–Crippen LogP) is 2.82. The zero-order valence-corrected chi connectivity index (χ0v) is 19.1. The van der Waals surface area contributed by atoms with Crippen molar-refractivity contribution in [3.05, 3.63) is 59.7 Å². The van der Waals surface area contributed by atoms with E-state index in [4.69, 9.17) is 4.74 Å². The van der Waals surface area contributed by atoms with Crippen LogP contribution in [-0.4, -0.2) is 72.9 Å². The number of amides is 2. The largest absolute Gasteiger partial charge is 0.480 e. The molecule has 0 spiro atoms. The molecule has 0 radical (unpaired) electrons. The smallest absolute Gasteiger partial charge is 0.411 e. The van der Waals surface area contributed by atoms with Crippen LogP contribution < -0.4 is 10.1 Å². The Bertz CT molecular complexity index is 983. The van der Waals surface area contributed by atoms with Gasteiger partial charge in [0.05, 0.1) is 19.3 Å². The molecule has 2 N–H and O–H groups in total. The molecule has 3 atom stereocenters. The van der Waals surface area contributed by atoms with Crippen LogP contribution in [0.2, 0.25) is 0 Å². The van der Waals surface area contributed by atoms with E-state index in [1.54, 1.807) is 17.0 Å². The summed E-state index contributed by atoms with van der Waals surface area (Å²) < 4.78 is 10.7. The van der Waals surface area contributed by atoms with E-state index in [1.807, 2.05) is 43.4 Å². The van der Waals surface area contributed by atoms with E-state index in [-0.39, 0.29) is 18.1 Å². The van der Waals surface area contributed by atoms with Gasteiger partial charge < -0.3 is 19.5 Å². The number of carbonyl (C=O) groups excluding carboxylic acids is 2. The van der Waals surface area contributed by atoms with Crippen LogP contribution in [0.25, 0.3) is 0 Å². The lowest BCUT2D eigenvalue weighted by atomic mass is 9.99. The fourth-order valence-corrected chi connectivity index (χ4v) is 4.54. The molecular formula is C25H31N3O5. The third-order valence-corrected chi connectivity index (χ3v) is 6.39. The van der Waals surface area contributed by atoms with Gasteiger partial charge in [-0.05, 0) is 48.6 Å². The average molecular weight is 454 g/mol. The van der Waals surface area contributed by atoms with Crippen LogP contribution in [0, 0.1) is 0 Å². The Morgan fingerprint density at radius 1 is 1.24 bits per heavy atom. The number of anilines is 1. The minimum atomic E-state index is -0.572. The zero-order chi connectivity index (χ0) is 23.4. The minimum Gasteiger partial charge on any atom is -0.480 e. The molecule has 0 aliphatic carbocycles. The first-order chi connectivity index (χ1) is 15.9. The number of benzene rings is 2. The molecule has 2 aromatic carbocycles. The van der Waals surface area contributed by atoms with Gasteiger partial charge in [-0.25, -0.2) is 4.79 Å². The number of likely N-dealkylation sites (N-methyl/N-ethyl adjacent to an activating group) is 1. The minimum absolute atomic E-state index is 0.0639. The molecule has 33 heavy (non-hydrogen) atoms. The SMILES string of the molecule is COC(=O)Nc1ccc2c(c1)CCC(C(=O)N(C)C(CN1CCC(O)C1)c1ccccc1)O2. The molecule has 2 heterocycles. The summed E-state index contributed by atoms with van der Waals surface area (Å²) in [6, 6.07) is 15.2. The van der Waals surface area contributed by atoms with E-state index in [0.717, 1.165) is 24.1 Å². The molecule has 1 fully saturated rings. The van der Waals surface area contributed by atoms with Crippen molar-refractivity contribution in [3.8, 4) is 5.75 Å². The molecule has 0 saturated carbocycles. The fourth-order valence-electron chi connectivity index (χ4n) is 4.54. The number of rotatable bonds is 6. The van der Waals surface area contributed by atoms with Crippen molar-refractivity contribution < 1.29 is 24.2 Å². The van der Waals surface area contributed by atoms with Crippen LogP contribution in [0.1, 0.15) is 30.0 Å². The van der Waals surface area contributed by atoms with Crippen molar-refractivity contribution >= 4 is 17.7 Å². The first-order valence-electron chi connectivity index (χ1n) is 11.3. The summed E-state index contributed by atoms with van der Waals surface area (Å²) in [5, 5.41) is 12.6. The maximum Gasteiger partial charge on any atom is 0.411 e. The second-order valence-electron chi connectivity index (χ2n) is 8.66. The van der Waals surface area contributed by atoms with Crippen LogP contribution >= 0.6 is 0 Å². The molecule has 4 rings (SSSR count). The number of likely N-dealkylation sites (tertiary alicyclic amines) is 1. The van der Waals surface area contributed by atoms with E-state index in [1.165, 1.54) is 7.11 Å². The van der Waals surface area contributed by atoms with Crippen LogP contribution in [0.5, 0.6) is 5.75 Å². The monoisotopic (exact) mass is 453 g/mol. The van der Waals surface area contributed by atoms with Crippen molar-refractivity contribution in [3.63, 3.8) is 0 Å². The van der Waals surface area contributed by atoms with Gasteiger partial charge in [-0.2, -0.15) is 0 Å². The topological polar surface area (TPSA) is 91.3 Å². The van der Waals surface area contributed by atoms with Gasteiger partial charge in [-0.1, -0.05) is 30.3 Å². The second-order valence-corrected chi connectivity index (χ2v) is 8.66. The number of methoxy groups -OCH3 is 1. The highest BCUT2D eigenvalue weighted by atomic mass is 16.5. The number of aliphatic hydroxyl groups excluding tert-OH is 1. The van der Waals surface area contributed by atoms with Gasteiger partial charge in [-0.3, -0.25) is 15.0 Å². The highest BCUT2D eigenvalue weighted by Gasteiger charge is 2.34. The number of aliphatic hydroxyl groups is 1. The lowest BCUT2D eigenvalue weighted by Gasteiger charge is -2.35. The number of ether oxygens (including phenoxy) is 2. The molecule has 8 heteroatoms. The Morgan fingerprint density at radius 3 is 2.73 bits per heavy atom. The number of β-amino-alcohol motifs (C(OH)–C–C–N with tert-alkyl or cyclic N) is 1. The lowest BCUT2D eigenvalue weighted by molar-refractivity contribution is -0.140. The zero-order valence-electron chi connectivity index (χ0n) is 19.1. The number of fused-ring (bicyclic) bond motifs is 1. The first-order valence-corrected chi connectivity index (χ1v) is 11.3. The quantitative estimate of drug-likeness (QED) is 0.699. The normalized spacial score (nSPS) is 20.9. The summed E-state index contributed by atoms with van der Waals surface area (Å²) in [5.41, 5.74) is 2.63. The molecule has 0 aromatic heterocycles. The van der Waals surface area contributed by atoms with Crippen molar-refractivity contribution in [2.24, 2.45) is 0 Å². The van der Waals surface area contributed by atoms with E-state index < -0.39 is 12.2 Å². The Morgan fingerprint density at radius 2 is 2.03 bits per heavy atom. The number of hydrogen-bond acceptors (Lipinski definition) is 6. The maximum absolute atomic E-state index is 13.5. The van der Waals surface area contributed by atoms with Gasteiger partial charge >= 0.3 is 6.09 Å². The molecule has 2 amide bonds. The lowest BCUT2D eigenvalue weighted by Crippen LogP contribution is -2.46. The van der Waals surface area contributed by atoms with E-state index in [0.29, 0.717) is 37.4 Å². The third-order valence-electron chi connectivity index (χ3n) is 6.39. The summed E-state index contributed by atoms with van der Waals surface area (Å²) in [4.78, 5) is 28.9. The van der Waals surface area contributed by atoms with Crippen LogP contribution in [0.15, 0.2) is 48.5 Å². The Balaban J connectivity index is 1.47. The molecule has 8 nitrogen and oxygen atoms in total. The summed E-state index contributed by atoms with van der Waals surface area (Å²) in [5.74, 6) is 0.591. The van der Waals surface area contributed by atoms with Gasteiger partial charge in [-0.15, -0.1) is 0 Å². The first kappa shape index (κ1) is 23.1. The van der Waals surface area contributed by atoms with Gasteiger partial charge in [0.1, 0.15) is 5.75 Å². The van der Waals surface area contributed by atoms with Gasteiger partial charge in [0, 0.05) is 32.4 Å². The second kappa shape index (κ2) is 10.2. The van der Waals surface area contributed by atoms with Crippen molar-refractivity contribution in [1.82, 2.24) is 9.80 Å². The summed E-state index contributed by atoms with van der Waals surface area (Å²) in [6.45, 7) is 2.11. The predicted molar refractivity (Wildman–Crippen MR) is 124 cm³/mol. The summed E-state index contributed by atoms with van der Waals surface area (Å²) in [7, 11) is 3.15. The van der Waals surface area contributed by atoms with Gasteiger partial charge in [0.15, 0.2) is 6.10 Å². The van der Waals surface area contributed by atoms with Crippen molar-refractivity contribution in [2.75, 3.05) is 39.1 Å². The van der Waals surface area contributed by atoms with E-state index >= 15 is 0 Å². The molecule has 2 aliphatic rings. The number of nitrogens with zero attached hydrogens (tertiary/aromatic N) is 2. The van der Waals surface area contributed by atoms with Crippen LogP contribution in [0.3, 0.4) is 0 Å². The molecule has 3 unspecified atom stereocenters. The highest BCUT2D eigenvalue weighted by Crippen LogP contribution is 2.32. The Labute approximate surface area is 194 Å². The molecule has 2 aliphatic heterocycles. The van der Waals surface area contributed by atoms with E-state index in [9.17, 15) is 14.7 Å². The highest BCUT2D eigenvalue weighted by molar-refractivity contribution is 5.85. The average Bonchev–Trinajstić information content (AvgIpc) is 3.26. The Hall–Kier alpha value is -3.10. The standard InChI is InChI=1S/C25H31N3O5/c1-27(21(17-6-4-3-5-7-17)16-28-13-12-20(29)15-28)24(30)23-10-8-18-14-19(26-25(31)32-2)9-11-22(18)33-23/h3-7,9,11,14,20-21,23,29H,8,10,12-13,15-16H2,1-2H3,(H,26,31). The summed E-state index contributed by atoms with van der Waals surface area (Å²) >= 11 is 0. The number of carbonyl (C=O) groups is 2. The number of aryl methyl sites for hydroxylation is 1. The van der Waals surface area contributed by atoms with Crippen molar-refractivity contribution in [2.45, 2.75) is 37.5 Å². The van der Waals surface area contributed by atoms with Gasteiger partial charge in [0.2, 0.25) is 0 Å². The van der Waals surface area contributed by atoms with Crippen LogP contribution in [0.4, 0.5) is 10.5 Å². The third kappa shape index (κ3) is 5.46. The molecule has 1 saturated heterocycles. The molecule has 2 aromatic rings. The maximum atomic E-state index is 13.5. The molecule has 176 valence electrons. The van der Waals surface area contributed by atoms with Crippen molar-refractivity contribution in [1.29, 1.82) is 0 Å². The van der Waals surface area contributed by atoms with E-state index in [2.05, 4.69) is 15.0 Å². The summed E-state index contributed by atoms with van der Waals surface area (Å²) in [6.07, 6.45) is 0.580. The van der Waals surface area contributed by atoms with Crippen LogP contribution in [-0.2, 0) is 16.0 Å². The fraction of sp³-hybridized carbons (Fsp3) is 0.440. The number of nitrogens with one attached hydrogen (secondary N) is 1. The Kier molecular flexibility index (Phi) is 7.15. The molecule has 0 bridgehead atoms. The number of hydrogen-bond donors (Lipinski definition) is 2. The van der Waals surface area contributed by atoms with Gasteiger partial charge in [0.25, 0.3) is 5.91 Å².